The minimum atomic E-state index is -0.347. The van der Waals surface area contributed by atoms with Crippen LogP contribution in [0.2, 0.25) is 0 Å². The van der Waals surface area contributed by atoms with Gasteiger partial charge >= 0.3 is 0 Å². The van der Waals surface area contributed by atoms with Crippen molar-refractivity contribution in [1.82, 2.24) is 10.2 Å². The number of nitrogens with one attached hydrogen (secondary N) is 1. The smallest absolute Gasteiger partial charge is 0.246 e. The number of amides is 2. The van der Waals surface area contributed by atoms with E-state index in [1.54, 1.807) is 0 Å². The first-order valence-corrected chi connectivity index (χ1v) is 8.40. The van der Waals surface area contributed by atoms with Gasteiger partial charge in [0.2, 0.25) is 11.8 Å². The molecule has 2 atom stereocenters. The molecule has 0 aromatic carbocycles. The van der Waals surface area contributed by atoms with Crippen LogP contribution in [-0.2, 0) is 9.59 Å². The fourth-order valence-corrected chi connectivity index (χ4v) is 3.37. The minimum absolute atomic E-state index is 0.0324. The second-order valence-corrected chi connectivity index (χ2v) is 7.77. The summed E-state index contributed by atoms with van der Waals surface area (Å²) in [5.74, 6) is 1.02. The van der Waals surface area contributed by atoms with E-state index in [4.69, 9.17) is 0 Å². The van der Waals surface area contributed by atoms with E-state index < -0.39 is 0 Å². The molecule has 1 saturated heterocycles. The van der Waals surface area contributed by atoms with Crippen molar-refractivity contribution in [3.63, 3.8) is 0 Å². The third kappa shape index (κ3) is 3.41. The zero-order valence-electron chi connectivity index (χ0n) is 14.1. The summed E-state index contributed by atoms with van der Waals surface area (Å²) >= 11 is 0. The van der Waals surface area contributed by atoms with Crippen molar-refractivity contribution in [2.75, 3.05) is 6.54 Å². The first-order valence-electron chi connectivity index (χ1n) is 8.40. The summed E-state index contributed by atoms with van der Waals surface area (Å²) in [6, 6.07) is -0.619. The van der Waals surface area contributed by atoms with Crippen LogP contribution in [0, 0.1) is 17.3 Å². The molecule has 2 fully saturated rings. The van der Waals surface area contributed by atoms with Crippen molar-refractivity contribution in [3.05, 3.63) is 0 Å². The maximum Gasteiger partial charge on any atom is 0.246 e. The number of hydrogen-bond donors (Lipinski definition) is 1. The Morgan fingerprint density at radius 2 is 1.76 bits per heavy atom. The minimum Gasteiger partial charge on any atom is -0.342 e. The lowest BCUT2D eigenvalue weighted by atomic mass is 9.82. The van der Waals surface area contributed by atoms with Gasteiger partial charge in [0.1, 0.15) is 12.1 Å². The van der Waals surface area contributed by atoms with Crippen LogP contribution in [0.25, 0.3) is 0 Å². The molecule has 2 unspecified atom stereocenters. The number of rotatable bonds is 5. The number of piperazine rings is 1. The Bertz CT molecular complexity index is 406. The maximum atomic E-state index is 12.9. The fourth-order valence-electron chi connectivity index (χ4n) is 3.37. The second-order valence-electron chi connectivity index (χ2n) is 7.77. The zero-order chi connectivity index (χ0) is 15.8. The van der Waals surface area contributed by atoms with Crippen LogP contribution < -0.4 is 5.32 Å². The lowest BCUT2D eigenvalue weighted by Crippen LogP contribution is -2.67. The highest BCUT2D eigenvalue weighted by Crippen LogP contribution is 2.37. The summed E-state index contributed by atoms with van der Waals surface area (Å²) in [5.41, 5.74) is -0.236. The van der Waals surface area contributed by atoms with Crippen LogP contribution in [-0.4, -0.2) is 35.3 Å². The molecule has 1 N–H and O–H groups in total. The molecule has 1 aliphatic carbocycles. The molecule has 2 aliphatic rings. The SMILES string of the molecule is CCC(CC)CN1C(=O)C(C2CC2)NC(=O)C1C(C)(C)C. The summed E-state index contributed by atoms with van der Waals surface area (Å²) in [6.45, 7) is 11.2. The van der Waals surface area contributed by atoms with Gasteiger partial charge in [-0.1, -0.05) is 47.5 Å². The van der Waals surface area contributed by atoms with Gasteiger partial charge in [0.25, 0.3) is 0 Å². The molecule has 1 heterocycles. The number of nitrogens with zero attached hydrogens (tertiary/aromatic N) is 1. The van der Waals surface area contributed by atoms with Crippen LogP contribution in [0.4, 0.5) is 0 Å². The third-order valence-corrected chi connectivity index (χ3v) is 4.93. The summed E-state index contributed by atoms with van der Waals surface area (Å²) in [6.07, 6.45) is 4.23. The lowest BCUT2D eigenvalue weighted by Gasteiger charge is -2.46. The standard InChI is InChI=1S/C17H30N2O2/c1-6-11(7-2)10-19-14(17(3,4)5)15(20)18-13(16(19)21)12-8-9-12/h11-14H,6-10H2,1-5H3,(H,18,20). The van der Waals surface area contributed by atoms with Crippen molar-refractivity contribution >= 4 is 11.8 Å². The Hall–Kier alpha value is -1.06. The summed E-state index contributed by atoms with van der Waals surface area (Å²) in [7, 11) is 0. The molecule has 0 bridgehead atoms. The van der Waals surface area contributed by atoms with Gasteiger partial charge in [0.15, 0.2) is 0 Å². The molecule has 2 rings (SSSR count). The third-order valence-electron chi connectivity index (χ3n) is 4.93. The zero-order valence-corrected chi connectivity index (χ0v) is 14.1. The summed E-state index contributed by atoms with van der Waals surface area (Å²) < 4.78 is 0. The van der Waals surface area contributed by atoms with E-state index in [1.807, 2.05) is 25.7 Å². The molecule has 0 aromatic heterocycles. The molecule has 120 valence electrons. The number of hydrogen-bond acceptors (Lipinski definition) is 2. The van der Waals surface area contributed by atoms with Crippen molar-refractivity contribution in [2.45, 2.75) is 72.4 Å². The highest BCUT2D eigenvalue weighted by molar-refractivity contribution is 5.97. The molecule has 0 spiro atoms. The molecule has 1 saturated carbocycles. The normalized spacial score (nSPS) is 27.2. The molecule has 4 heteroatoms. The van der Waals surface area contributed by atoms with E-state index >= 15 is 0 Å². The van der Waals surface area contributed by atoms with Crippen molar-refractivity contribution in [3.8, 4) is 0 Å². The van der Waals surface area contributed by atoms with Gasteiger partial charge in [0, 0.05) is 6.54 Å². The van der Waals surface area contributed by atoms with Gasteiger partial charge in [-0.25, -0.2) is 0 Å². The predicted octanol–water partition coefficient (Wildman–Crippen LogP) is 2.57. The lowest BCUT2D eigenvalue weighted by molar-refractivity contribution is -0.155. The average Bonchev–Trinajstić information content (AvgIpc) is 3.21. The van der Waals surface area contributed by atoms with Crippen LogP contribution in [0.1, 0.15) is 60.3 Å². The summed E-state index contributed by atoms with van der Waals surface area (Å²) in [4.78, 5) is 27.4. The van der Waals surface area contributed by atoms with Gasteiger partial charge in [0.05, 0.1) is 0 Å². The fraction of sp³-hybridized carbons (Fsp3) is 0.882. The molecule has 0 radical (unpaired) electrons. The average molecular weight is 294 g/mol. The first-order chi connectivity index (χ1) is 9.79. The largest absolute Gasteiger partial charge is 0.342 e. The number of carbonyl (C=O) groups excluding carboxylic acids is 2. The van der Waals surface area contributed by atoms with E-state index in [2.05, 4.69) is 19.2 Å². The quantitative estimate of drug-likeness (QED) is 0.847. The van der Waals surface area contributed by atoms with Crippen LogP contribution in [0.15, 0.2) is 0 Å². The van der Waals surface area contributed by atoms with Gasteiger partial charge in [-0.3, -0.25) is 9.59 Å². The van der Waals surface area contributed by atoms with E-state index in [0.717, 1.165) is 25.7 Å². The molecule has 21 heavy (non-hydrogen) atoms. The predicted molar refractivity (Wildman–Crippen MR) is 83.7 cm³/mol. The molecule has 1 aliphatic heterocycles. The van der Waals surface area contributed by atoms with Gasteiger partial charge < -0.3 is 10.2 Å². The Morgan fingerprint density at radius 3 is 2.19 bits per heavy atom. The topological polar surface area (TPSA) is 49.4 Å². The van der Waals surface area contributed by atoms with E-state index in [0.29, 0.717) is 18.4 Å². The van der Waals surface area contributed by atoms with Crippen molar-refractivity contribution in [1.29, 1.82) is 0 Å². The Morgan fingerprint density at radius 1 is 1.19 bits per heavy atom. The molecular weight excluding hydrogens is 264 g/mol. The highest BCUT2D eigenvalue weighted by atomic mass is 16.2. The van der Waals surface area contributed by atoms with Crippen molar-refractivity contribution in [2.24, 2.45) is 17.3 Å². The first kappa shape index (κ1) is 16.3. The Labute approximate surface area is 128 Å². The van der Waals surface area contributed by atoms with Crippen LogP contribution >= 0.6 is 0 Å². The molecule has 0 aromatic rings. The highest BCUT2D eigenvalue weighted by Gasteiger charge is 2.50. The Kier molecular flexibility index (Phi) is 4.64. The van der Waals surface area contributed by atoms with E-state index in [-0.39, 0.29) is 29.3 Å². The van der Waals surface area contributed by atoms with Crippen LogP contribution in [0.3, 0.4) is 0 Å². The monoisotopic (exact) mass is 294 g/mol. The van der Waals surface area contributed by atoms with E-state index in [9.17, 15) is 9.59 Å². The summed E-state index contributed by atoms with van der Waals surface area (Å²) in [5, 5.41) is 2.99. The van der Waals surface area contributed by atoms with Gasteiger partial charge in [-0.2, -0.15) is 0 Å². The molecular formula is C17H30N2O2. The van der Waals surface area contributed by atoms with Gasteiger partial charge in [-0.15, -0.1) is 0 Å². The Balaban J connectivity index is 2.25. The molecule has 2 amide bonds. The second kappa shape index (κ2) is 5.98. The van der Waals surface area contributed by atoms with Gasteiger partial charge in [-0.05, 0) is 30.1 Å². The van der Waals surface area contributed by atoms with E-state index in [1.165, 1.54) is 0 Å². The van der Waals surface area contributed by atoms with Crippen molar-refractivity contribution < 1.29 is 9.59 Å². The molecule has 4 nitrogen and oxygen atoms in total. The number of carbonyl (C=O) groups is 2. The maximum absolute atomic E-state index is 12.9. The van der Waals surface area contributed by atoms with Crippen LogP contribution in [0.5, 0.6) is 0 Å².